The summed E-state index contributed by atoms with van der Waals surface area (Å²) in [6.07, 6.45) is 3.81. The molecule has 1 aliphatic rings. The van der Waals surface area contributed by atoms with E-state index in [-0.39, 0.29) is 5.91 Å². The first-order chi connectivity index (χ1) is 20.9. The van der Waals surface area contributed by atoms with Crippen molar-refractivity contribution in [3.63, 3.8) is 0 Å². The number of nitrogens with zero attached hydrogens (tertiary/aromatic N) is 2. The fourth-order valence-electron chi connectivity index (χ4n) is 4.64. The Morgan fingerprint density at radius 3 is 2.09 bits per heavy atom. The van der Waals surface area contributed by atoms with Crippen LogP contribution in [0.5, 0.6) is 11.5 Å². The molecule has 5 nitrogen and oxygen atoms in total. The second-order valence-electron chi connectivity index (χ2n) is 10.2. The Morgan fingerprint density at radius 2 is 1.47 bits per heavy atom. The van der Waals surface area contributed by atoms with Gasteiger partial charge in [-0.05, 0) is 126 Å². The molecule has 0 aromatic heterocycles. The number of ether oxygens (including phenoxy) is 2. The number of thioether (sulfide) groups is 1. The molecule has 43 heavy (non-hydrogen) atoms. The van der Waals surface area contributed by atoms with Crippen LogP contribution in [0, 0.1) is 10.5 Å². The highest BCUT2D eigenvalue weighted by atomic mass is 127. The van der Waals surface area contributed by atoms with Crippen LogP contribution in [0.4, 0.5) is 11.4 Å². The summed E-state index contributed by atoms with van der Waals surface area (Å²) in [7, 11) is 0. The van der Waals surface area contributed by atoms with E-state index in [2.05, 4.69) is 91.9 Å². The number of hydrogen-bond donors (Lipinski definition) is 0. The van der Waals surface area contributed by atoms with Crippen molar-refractivity contribution in [2.45, 2.75) is 47.1 Å². The molecule has 0 saturated carbocycles. The first-order valence-electron chi connectivity index (χ1n) is 14.5. The van der Waals surface area contributed by atoms with Crippen LogP contribution in [0.2, 0.25) is 0 Å². The van der Waals surface area contributed by atoms with Gasteiger partial charge in [-0.25, -0.2) is 4.99 Å². The molecule has 1 fully saturated rings. The van der Waals surface area contributed by atoms with Gasteiger partial charge in [0.15, 0.2) is 16.7 Å². The Balaban J connectivity index is 1.48. The number of halogens is 1. The van der Waals surface area contributed by atoms with Crippen molar-refractivity contribution < 1.29 is 14.3 Å². The Morgan fingerprint density at radius 1 is 0.837 bits per heavy atom. The number of amides is 1. The highest BCUT2D eigenvalue weighted by molar-refractivity contribution is 14.1. The zero-order chi connectivity index (χ0) is 30.3. The summed E-state index contributed by atoms with van der Waals surface area (Å²) in [4.78, 5) is 21.1. The largest absolute Gasteiger partial charge is 0.490 e. The zero-order valence-electron chi connectivity index (χ0n) is 24.9. The van der Waals surface area contributed by atoms with E-state index < -0.39 is 0 Å². The zero-order valence-corrected chi connectivity index (χ0v) is 27.9. The lowest BCUT2D eigenvalue weighted by Crippen LogP contribution is -2.28. The topological polar surface area (TPSA) is 51.1 Å². The van der Waals surface area contributed by atoms with Crippen LogP contribution in [-0.2, 0) is 24.2 Å². The monoisotopic (exact) mass is 702 g/mol. The maximum absolute atomic E-state index is 13.9. The molecule has 0 spiro atoms. The fraction of sp³-hybridized carbons (Fsp3) is 0.222. The van der Waals surface area contributed by atoms with Crippen molar-refractivity contribution in [2.24, 2.45) is 4.99 Å². The summed E-state index contributed by atoms with van der Waals surface area (Å²) < 4.78 is 13.1. The van der Waals surface area contributed by atoms with Crippen LogP contribution < -0.4 is 14.4 Å². The van der Waals surface area contributed by atoms with Gasteiger partial charge in [-0.15, -0.1) is 0 Å². The lowest BCUT2D eigenvalue weighted by atomic mass is 10.1. The van der Waals surface area contributed by atoms with Crippen molar-refractivity contribution in [3.8, 4) is 11.5 Å². The quantitative estimate of drug-likeness (QED) is 0.122. The number of carbonyl (C=O) groups excluding carboxylic acids is 1. The third kappa shape index (κ3) is 7.51. The smallest absolute Gasteiger partial charge is 0.271 e. The average Bonchev–Trinajstić information content (AvgIpc) is 3.31. The van der Waals surface area contributed by atoms with Gasteiger partial charge in [0.05, 0.1) is 26.5 Å². The van der Waals surface area contributed by atoms with Crippen LogP contribution in [-0.4, -0.2) is 17.7 Å². The molecular weight excluding hydrogens is 667 g/mol. The van der Waals surface area contributed by atoms with E-state index in [9.17, 15) is 4.79 Å². The first-order valence-corrected chi connectivity index (χ1v) is 16.4. The second kappa shape index (κ2) is 14.3. The van der Waals surface area contributed by atoms with Crippen LogP contribution in [0.1, 0.15) is 48.6 Å². The molecule has 1 saturated heterocycles. The predicted molar refractivity (Wildman–Crippen MR) is 188 cm³/mol. The Labute approximate surface area is 272 Å². The van der Waals surface area contributed by atoms with E-state index in [1.54, 1.807) is 4.90 Å². The first kappa shape index (κ1) is 30.9. The number of benzene rings is 4. The highest BCUT2D eigenvalue weighted by Crippen LogP contribution is 2.40. The predicted octanol–water partition coefficient (Wildman–Crippen LogP) is 9.51. The van der Waals surface area contributed by atoms with Crippen LogP contribution >= 0.6 is 34.4 Å². The van der Waals surface area contributed by atoms with Crippen molar-refractivity contribution in [2.75, 3.05) is 11.5 Å². The summed E-state index contributed by atoms with van der Waals surface area (Å²) in [5.74, 6) is 1.25. The van der Waals surface area contributed by atoms with Crippen molar-refractivity contribution in [3.05, 3.63) is 121 Å². The third-order valence-corrected chi connectivity index (χ3v) is 8.88. The van der Waals surface area contributed by atoms with Crippen molar-refractivity contribution in [1.82, 2.24) is 0 Å². The maximum atomic E-state index is 13.9. The molecule has 1 aliphatic heterocycles. The SMILES string of the molecule is CCOc1cc(/C=C2\SC(=Nc3ccc(CC)cc3)N(c3ccc(CC)cc3)C2=O)cc(I)c1OCc1ccc(C)cc1. The number of aryl methyl sites for hydroxylation is 3. The molecule has 0 bridgehead atoms. The standard InChI is InChI=1S/C36H35IN2O3S/c1-5-25-12-16-29(17-13-25)38-36-39(30-18-14-26(6-2)15-19-30)35(40)33(43-36)22-28-20-31(37)34(32(21-28)41-7-3)42-23-27-10-8-24(4)9-11-27/h8-22H,5-7,23H2,1-4H3/b33-22-,38-36?. The fourth-order valence-corrected chi connectivity index (χ4v) is 6.42. The number of amidine groups is 1. The molecule has 7 heteroatoms. The lowest BCUT2D eigenvalue weighted by Gasteiger charge is -2.16. The summed E-state index contributed by atoms with van der Waals surface area (Å²) in [6.45, 7) is 9.22. The molecule has 4 aromatic carbocycles. The van der Waals surface area contributed by atoms with Gasteiger partial charge in [0, 0.05) is 0 Å². The van der Waals surface area contributed by atoms with Crippen molar-refractivity contribution in [1.29, 1.82) is 0 Å². The van der Waals surface area contributed by atoms with Gasteiger partial charge in [0.25, 0.3) is 5.91 Å². The van der Waals surface area contributed by atoms with Crippen LogP contribution in [0.25, 0.3) is 6.08 Å². The summed E-state index contributed by atoms with van der Waals surface area (Å²) in [5.41, 5.74) is 7.24. The molecule has 1 amide bonds. The Bertz CT molecular complexity index is 1650. The van der Waals surface area contributed by atoms with Crippen molar-refractivity contribution >= 4 is 62.9 Å². The highest BCUT2D eigenvalue weighted by Gasteiger charge is 2.35. The van der Waals surface area contributed by atoms with Crippen LogP contribution in [0.15, 0.2) is 94.8 Å². The van der Waals surface area contributed by atoms with Gasteiger partial charge < -0.3 is 9.47 Å². The minimum Gasteiger partial charge on any atom is -0.490 e. The van der Waals surface area contributed by atoms with Gasteiger partial charge in [-0.3, -0.25) is 9.69 Å². The maximum Gasteiger partial charge on any atom is 0.271 e. The van der Waals surface area contributed by atoms with Gasteiger partial charge in [-0.1, -0.05) is 67.9 Å². The average molecular weight is 703 g/mol. The number of anilines is 1. The van der Waals surface area contributed by atoms with E-state index in [1.807, 2.05) is 49.4 Å². The molecule has 5 rings (SSSR count). The number of rotatable bonds is 10. The molecule has 0 unspecified atom stereocenters. The van der Waals surface area contributed by atoms with E-state index in [0.717, 1.165) is 38.9 Å². The Kier molecular flexibility index (Phi) is 10.3. The second-order valence-corrected chi connectivity index (χ2v) is 12.4. The van der Waals surface area contributed by atoms with Gasteiger partial charge in [0.2, 0.25) is 0 Å². The lowest BCUT2D eigenvalue weighted by molar-refractivity contribution is -0.113. The van der Waals surface area contributed by atoms with Gasteiger partial charge in [0.1, 0.15) is 6.61 Å². The normalized spacial score (nSPS) is 15.0. The molecule has 1 heterocycles. The third-order valence-electron chi connectivity index (χ3n) is 7.11. The number of aliphatic imine (C=N–C) groups is 1. The van der Waals surface area contributed by atoms with E-state index in [0.29, 0.717) is 34.8 Å². The van der Waals surface area contributed by atoms with E-state index in [1.165, 1.54) is 28.5 Å². The molecule has 0 N–H and O–H groups in total. The minimum absolute atomic E-state index is 0.106. The number of carbonyl (C=O) groups is 1. The summed E-state index contributed by atoms with van der Waals surface area (Å²) in [6, 6.07) is 28.6. The van der Waals surface area contributed by atoms with E-state index in [4.69, 9.17) is 14.5 Å². The van der Waals surface area contributed by atoms with Gasteiger partial charge >= 0.3 is 0 Å². The molecule has 0 atom stereocenters. The van der Waals surface area contributed by atoms with Crippen LogP contribution in [0.3, 0.4) is 0 Å². The summed E-state index contributed by atoms with van der Waals surface area (Å²) >= 11 is 3.66. The summed E-state index contributed by atoms with van der Waals surface area (Å²) in [5, 5.41) is 0.627. The molecule has 4 aromatic rings. The Hall–Kier alpha value is -3.56. The molecular formula is C36H35IN2O3S. The molecule has 0 aliphatic carbocycles. The minimum atomic E-state index is -0.106. The van der Waals surface area contributed by atoms with E-state index >= 15 is 0 Å². The molecule has 0 radical (unpaired) electrons. The number of hydrogen-bond acceptors (Lipinski definition) is 5. The van der Waals surface area contributed by atoms with Gasteiger partial charge in [-0.2, -0.15) is 0 Å². The molecule has 220 valence electrons.